The number of carbonyl (C=O) groups excluding carboxylic acids is 1. The average Bonchev–Trinajstić information content (AvgIpc) is 2.69. The molecule has 0 saturated heterocycles. The van der Waals surface area contributed by atoms with Gasteiger partial charge in [-0.15, -0.1) is 24.0 Å². The van der Waals surface area contributed by atoms with E-state index in [9.17, 15) is 9.18 Å². The zero-order valence-electron chi connectivity index (χ0n) is 16.0. The first-order chi connectivity index (χ1) is 13.1. The molecule has 0 radical (unpaired) electrons. The summed E-state index contributed by atoms with van der Waals surface area (Å²) in [6.45, 7) is 3.61. The van der Waals surface area contributed by atoms with E-state index in [1.807, 2.05) is 30.3 Å². The van der Waals surface area contributed by atoms with Crippen LogP contribution in [-0.2, 0) is 0 Å². The van der Waals surface area contributed by atoms with Gasteiger partial charge in [0, 0.05) is 25.7 Å². The summed E-state index contributed by atoms with van der Waals surface area (Å²) in [6, 6.07) is 14.0. The summed E-state index contributed by atoms with van der Waals surface area (Å²) in [4.78, 5) is 16.1. The SMILES string of the molecule is CN=C(NCCNC(=O)c1ccc(C)c(F)c1)NCCOc1ccccc1.I. The lowest BCUT2D eigenvalue weighted by Crippen LogP contribution is -2.42. The number of aliphatic imine (C=N–C) groups is 1. The molecule has 2 rings (SSSR count). The van der Waals surface area contributed by atoms with Gasteiger partial charge in [0.1, 0.15) is 18.2 Å². The molecular weight excluding hydrogens is 474 g/mol. The highest BCUT2D eigenvalue weighted by atomic mass is 127. The molecule has 0 unspecified atom stereocenters. The van der Waals surface area contributed by atoms with Crippen LogP contribution in [0.5, 0.6) is 5.75 Å². The molecule has 8 heteroatoms. The van der Waals surface area contributed by atoms with Gasteiger partial charge in [0.15, 0.2) is 5.96 Å². The Morgan fingerprint density at radius 2 is 1.71 bits per heavy atom. The lowest BCUT2D eigenvalue weighted by atomic mass is 10.1. The smallest absolute Gasteiger partial charge is 0.251 e. The topological polar surface area (TPSA) is 74.8 Å². The average molecular weight is 500 g/mol. The number of nitrogens with zero attached hydrogens (tertiary/aromatic N) is 1. The Morgan fingerprint density at radius 1 is 1.04 bits per heavy atom. The molecule has 0 aromatic heterocycles. The number of para-hydroxylation sites is 1. The zero-order chi connectivity index (χ0) is 19.5. The number of carbonyl (C=O) groups is 1. The van der Waals surface area contributed by atoms with Crippen LogP contribution in [0.4, 0.5) is 4.39 Å². The molecule has 6 nitrogen and oxygen atoms in total. The monoisotopic (exact) mass is 500 g/mol. The number of aryl methyl sites for hydroxylation is 1. The summed E-state index contributed by atoms with van der Waals surface area (Å²) in [5, 5.41) is 8.95. The Kier molecular flexibility index (Phi) is 10.9. The summed E-state index contributed by atoms with van der Waals surface area (Å²) in [5.74, 6) is 0.734. The van der Waals surface area contributed by atoms with E-state index >= 15 is 0 Å². The van der Waals surface area contributed by atoms with E-state index in [1.165, 1.54) is 6.07 Å². The van der Waals surface area contributed by atoms with Crippen LogP contribution < -0.4 is 20.7 Å². The molecule has 0 bridgehead atoms. The number of rotatable bonds is 8. The maximum atomic E-state index is 13.5. The quantitative estimate of drug-likeness (QED) is 0.226. The number of hydrogen-bond donors (Lipinski definition) is 3. The van der Waals surface area contributed by atoms with Crippen LogP contribution in [0, 0.1) is 12.7 Å². The molecule has 0 atom stereocenters. The van der Waals surface area contributed by atoms with Crippen molar-refractivity contribution in [3.63, 3.8) is 0 Å². The Hall–Kier alpha value is -2.36. The van der Waals surface area contributed by atoms with Crippen molar-refractivity contribution in [3.05, 3.63) is 65.5 Å². The second kappa shape index (κ2) is 12.9. The minimum atomic E-state index is -0.386. The third-order valence-corrected chi connectivity index (χ3v) is 3.77. The molecule has 0 aliphatic rings. The van der Waals surface area contributed by atoms with Crippen molar-refractivity contribution < 1.29 is 13.9 Å². The van der Waals surface area contributed by atoms with E-state index in [0.29, 0.717) is 43.3 Å². The molecule has 28 heavy (non-hydrogen) atoms. The van der Waals surface area contributed by atoms with Crippen LogP contribution in [0.15, 0.2) is 53.5 Å². The molecule has 3 N–H and O–H groups in total. The first-order valence-electron chi connectivity index (χ1n) is 8.77. The fraction of sp³-hybridized carbons (Fsp3) is 0.300. The van der Waals surface area contributed by atoms with Crippen molar-refractivity contribution in [3.8, 4) is 5.75 Å². The van der Waals surface area contributed by atoms with Crippen molar-refractivity contribution >= 4 is 35.8 Å². The van der Waals surface area contributed by atoms with Gasteiger partial charge >= 0.3 is 0 Å². The molecule has 2 aromatic carbocycles. The molecule has 0 fully saturated rings. The predicted octanol–water partition coefficient (Wildman–Crippen LogP) is 2.73. The van der Waals surface area contributed by atoms with Crippen LogP contribution >= 0.6 is 24.0 Å². The highest BCUT2D eigenvalue weighted by molar-refractivity contribution is 14.0. The highest BCUT2D eigenvalue weighted by Crippen LogP contribution is 2.09. The van der Waals surface area contributed by atoms with E-state index in [-0.39, 0.29) is 35.7 Å². The number of guanidine groups is 1. The molecule has 152 valence electrons. The Bertz CT molecular complexity index is 772. The summed E-state index contributed by atoms with van der Waals surface area (Å²) < 4.78 is 19.1. The van der Waals surface area contributed by atoms with Crippen molar-refractivity contribution in [2.75, 3.05) is 33.3 Å². The fourth-order valence-corrected chi connectivity index (χ4v) is 2.27. The van der Waals surface area contributed by atoms with Gasteiger partial charge in [-0.25, -0.2) is 4.39 Å². The summed E-state index contributed by atoms with van der Waals surface area (Å²) in [5.41, 5.74) is 0.818. The van der Waals surface area contributed by atoms with Crippen LogP contribution in [0.25, 0.3) is 0 Å². The molecule has 2 aromatic rings. The largest absolute Gasteiger partial charge is 0.492 e. The molecule has 0 aliphatic carbocycles. The Morgan fingerprint density at radius 3 is 2.39 bits per heavy atom. The third-order valence-electron chi connectivity index (χ3n) is 3.77. The van der Waals surface area contributed by atoms with E-state index in [1.54, 1.807) is 26.1 Å². The number of hydrogen-bond acceptors (Lipinski definition) is 3. The van der Waals surface area contributed by atoms with Gasteiger partial charge < -0.3 is 20.7 Å². The number of nitrogens with one attached hydrogen (secondary N) is 3. The first-order valence-corrected chi connectivity index (χ1v) is 8.77. The highest BCUT2D eigenvalue weighted by Gasteiger charge is 2.07. The van der Waals surface area contributed by atoms with Gasteiger partial charge in [0.25, 0.3) is 5.91 Å². The van der Waals surface area contributed by atoms with E-state index in [4.69, 9.17) is 4.74 Å². The minimum absolute atomic E-state index is 0. The second-order valence-corrected chi connectivity index (χ2v) is 5.81. The molecule has 0 saturated carbocycles. The van der Waals surface area contributed by atoms with E-state index < -0.39 is 0 Å². The number of amides is 1. The molecule has 0 aliphatic heterocycles. The van der Waals surface area contributed by atoms with Gasteiger partial charge in [-0.1, -0.05) is 24.3 Å². The Balaban J connectivity index is 0.00000392. The second-order valence-electron chi connectivity index (χ2n) is 5.81. The first kappa shape index (κ1) is 23.7. The third kappa shape index (κ3) is 8.12. The fourth-order valence-electron chi connectivity index (χ4n) is 2.27. The minimum Gasteiger partial charge on any atom is -0.492 e. The van der Waals surface area contributed by atoms with Crippen LogP contribution in [-0.4, -0.2) is 45.2 Å². The van der Waals surface area contributed by atoms with Gasteiger partial charge in [-0.3, -0.25) is 9.79 Å². The molecular formula is C20H26FIN4O2. The maximum Gasteiger partial charge on any atom is 0.251 e. The summed E-state index contributed by atoms with van der Waals surface area (Å²) in [6.07, 6.45) is 0. The van der Waals surface area contributed by atoms with Gasteiger partial charge in [-0.2, -0.15) is 0 Å². The van der Waals surface area contributed by atoms with Gasteiger partial charge in [-0.05, 0) is 36.8 Å². The standard InChI is InChI=1S/C20H25FN4O2.HI/c1-15-8-9-16(14-18(15)21)19(26)23-10-11-24-20(22-2)25-12-13-27-17-6-4-3-5-7-17;/h3-9,14H,10-13H2,1-2H3,(H,23,26)(H2,22,24,25);1H. The summed E-state index contributed by atoms with van der Waals surface area (Å²) >= 11 is 0. The number of ether oxygens (including phenoxy) is 1. The van der Waals surface area contributed by atoms with Crippen LogP contribution in [0.1, 0.15) is 15.9 Å². The van der Waals surface area contributed by atoms with E-state index in [0.717, 1.165) is 5.75 Å². The Labute approximate surface area is 182 Å². The molecule has 1 amide bonds. The van der Waals surface area contributed by atoms with Gasteiger partial charge in [0.2, 0.25) is 0 Å². The van der Waals surface area contributed by atoms with Gasteiger partial charge in [0.05, 0.1) is 6.54 Å². The molecule has 0 heterocycles. The predicted molar refractivity (Wildman–Crippen MR) is 120 cm³/mol. The van der Waals surface area contributed by atoms with Crippen molar-refractivity contribution in [2.24, 2.45) is 4.99 Å². The van der Waals surface area contributed by atoms with Crippen molar-refractivity contribution in [1.82, 2.24) is 16.0 Å². The molecule has 0 spiro atoms. The van der Waals surface area contributed by atoms with Crippen LogP contribution in [0.3, 0.4) is 0 Å². The summed E-state index contributed by atoms with van der Waals surface area (Å²) in [7, 11) is 1.67. The van der Waals surface area contributed by atoms with Crippen molar-refractivity contribution in [2.45, 2.75) is 6.92 Å². The van der Waals surface area contributed by atoms with Crippen molar-refractivity contribution in [1.29, 1.82) is 0 Å². The normalized spacial score (nSPS) is 10.6. The number of benzene rings is 2. The zero-order valence-corrected chi connectivity index (χ0v) is 18.3. The maximum absolute atomic E-state index is 13.5. The van der Waals surface area contributed by atoms with E-state index in [2.05, 4.69) is 20.9 Å². The lowest BCUT2D eigenvalue weighted by molar-refractivity contribution is 0.0954. The number of halogens is 2. The lowest BCUT2D eigenvalue weighted by Gasteiger charge is -2.13. The van der Waals surface area contributed by atoms with Crippen LogP contribution in [0.2, 0.25) is 0 Å².